The molecule has 0 aliphatic carbocycles. The molecule has 1 amide bonds. The van der Waals surface area contributed by atoms with Crippen LogP contribution < -0.4 is 10.5 Å². The highest BCUT2D eigenvalue weighted by Crippen LogP contribution is 2.13. The highest BCUT2D eigenvalue weighted by atomic mass is 16.5. The summed E-state index contributed by atoms with van der Waals surface area (Å²) in [6.07, 6.45) is 0.744. The number of hydrogen-bond donors (Lipinski definition) is 1. The molecule has 116 valence electrons. The zero-order chi connectivity index (χ0) is 15.8. The van der Waals surface area contributed by atoms with Gasteiger partial charge in [0.2, 0.25) is 5.91 Å². The lowest BCUT2D eigenvalue weighted by atomic mass is 10.1. The molecule has 0 saturated heterocycles. The Morgan fingerprint density at radius 3 is 2.38 bits per heavy atom. The minimum Gasteiger partial charge on any atom is -0.493 e. The van der Waals surface area contributed by atoms with Crippen molar-refractivity contribution in [3.8, 4) is 5.75 Å². The molecule has 0 saturated carbocycles. The van der Waals surface area contributed by atoms with Crippen LogP contribution in [0.2, 0.25) is 0 Å². The summed E-state index contributed by atoms with van der Waals surface area (Å²) in [4.78, 5) is 24.2. The maximum Gasteiger partial charge on any atom is 0.322 e. The van der Waals surface area contributed by atoms with Gasteiger partial charge in [-0.25, -0.2) is 0 Å². The van der Waals surface area contributed by atoms with Gasteiger partial charge in [-0.15, -0.1) is 0 Å². The van der Waals surface area contributed by atoms with Crippen LogP contribution in [0.15, 0.2) is 24.3 Å². The molecule has 21 heavy (non-hydrogen) atoms. The first kappa shape index (κ1) is 17.0. The van der Waals surface area contributed by atoms with Crippen LogP contribution in [0.5, 0.6) is 5.75 Å². The van der Waals surface area contributed by atoms with E-state index in [1.165, 1.54) is 12.0 Å². The molecule has 0 aliphatic rings. The van der Waals surface area contributed by atoms with Gasteiger partial charge in [-0.2, -0.15) is 0 Å². The zero-order valence-electron chi connectivity index (χ0n) is 12.7. The summed E-state index contributed by atoms with van der Waals surface area (Å²) in [5, 5.41) is 0. The number of methoxy groups -OCH3 is 1. The summed E-state index contributed by atoms with van der Waals surface area (Å²) in [6.45, 7) is 0.331. The first-order valence-electron chi connectivity index (χ1n) is 6.69. The van der Waals surface area contributed by atoms with Crippen LogP contribution in [0.4, 0.5) is 0 Å². The average Bonchev–Trinajstić information content (AvgIpc) is 2.47. The maximum absolute atomic E-state index is 11.4. The number of rotatable bonds is 7. The molecule has 1 aromatic rings. The van der Waals surface area contributed by atoms with E-state index in [2.05, 4.69) is 4.74 Å². The molecule has 6 nitrogen and oxygen atoms in total. The normalized spacial score (nSPS) is 11.6. The van der Waals surface area contributed by atoms with Crippen molar-refractivity contribution in [2.75, 3.05) is 27.8 Å². The van der Waals surface area contributed by atoms with E-state index in [1.54, 1.807) is 26.2 Å². The van der Waals surface area contributed by atoms with E-state index in [4.69, 9.17) is 10.5 Å². The van der Waals surface area contributed by atoms with Crippen molar-refractivity contribution in [3.05, 3.63) is 29.8 Å². The van der Waals surface area contributed by atoms with Gasteiger partial charge in [0.15, 0.2) is 0 Å². The zero-order valence-corrected chi connectivity index (χ0v) is 12.7. The van der Waals surface area contributed by atoms with Crippen molar-refractivity contribution in [2.24, 2.45) is 5.73 Å². The van der Waals surface area contributed by atoms with E-state index in [0.717, 1.165) is 5.56 Å². The fourth-order valence-electron chi connectivity index (χ4n) is 1.69. The van der Waals surface area contributed by atoms with Gasteiger partial charge >= 0.3 is 5.97 Å². The van der Waals surface area contributed by atoms with Crippen LogP contribution in [-0.4, -0.2) is 50.6 Å². The molecule has 1 rings (SSSR count). The highest BCUT2D eigenvalue weighted by molar-refractivity contribution is 5.76. The number of amides is 1. The molecular formula is C15H22N2O4. The Morgan fingerprint density at radius 2 is 1.86 bits per heavy atom. The largest absolute Gasteiger partial charge is 0.493 e. The van der Waals surface area contributed by atoms with Crippen molar-refractivity contribution in [2.45, 2.75) is 18.9 Å². The molecule has 0 aliphatic heterocycles. The van der Waals surface area contributed by atoms with Crippen LogP contribution in [0.25, 0.3) is 0 Å². The minimum atomic E-state index is -0.667. The maximum atomic E-state index is 11.4. The van der Waals surface area contributed by atoms with Gasteiger partial charge in [0, 0.05) is 14.1 Å². The number of nitrogens with two attached hydrogens (primary N) is 1. The van der Waals surface area contributed by atoms with Crippen LogP contribution in [0.3, 0.4) is 0 Å². The summed E-state index contributed by atoms with van der Waals surface area (Å²) in [5.74, 6) is 0.269. The Labute approximate surface area is 124 Å². The smallest absolute Gasteiger partial charge is 0.322 e. The van der Waals surface area contributed by atoms with E-state index >= 15 is 0 Å². The summed E-state index contributed by atoms with van der Waals surface area (Å²) < 4.78 is 10.1. The van der Waals surface area contributed by atoms with Gasteiger partial charge in [0.25, 0.3) is 0 Å². The van der Waals surface area contributed by atoms with Crippen molar-refractivity contribution in [1.82, 2.24) is 4.90 Å². The molecule has 0 radical (unpaired) electrons. The van der Waals surface area contributed by atoms with Crippen molar-refractivity contribution in [1.29, 1.82) is 0 Å². The summed E-state index contributed by atoms with van der Waals surface area (Å²) >= 11 is 0. The average molecular weight is 294 g/mol. The van der Waals surface area contributed by atoms with E-state index in [9.17, 15) is 9.59 Å². The summed E-state index contributed by atoms with van der Waals surface area (Å²) in [7, 11) is 4.73. The van der Waals surface area contributed by atoms with Crippen LogP contribution in [0, 0.1) is 0 Å². The van der Waals surface area contributed by atoms with Crippen LogP contribution >= 0.6 is 0 Å². The number of hydrogen-bond acceptors (Lipinski definition) is 5. The van der Waals surface area contributed by atoms with E-state index in [-0.39, 0.29) is 5.91 Å². The SMILES string of the molecule is COC(=O)C(N)Cc1ccc(OCCC(=O)N(C)C)cc1. The third-order valence-electron chi connectivity index (χ3n) is 2.97. The third kappa shape index (κ3) is 5.83. The van der Waals surface area contributed by atoms with Gasteiger partial charge in [0.1, 0.15) is 11.8 Å². The molecule has 1 unspecified atom stereocenters. The molecule has 6 heteroatoms. The first-order chi connectivity index (χ1) is 9.93. The number of benzene rings is 1. The van der Waals surface area contributed by atoms with Gasteiger partial charge in [-0.1, -0.05) is 12.1 Å². The van der Waals surface area contributed by atoms with Gasteiger partial charge < -0.3 is 20.1 Å². The van der Waals surface area contributed by atoms with Crippen LogP contribution in [-0.2, 0) is 20.7 Å². The second kappa shape index (κ2) is 8.26. The lowest BCUT2D eigenvalue weighted by molar-refractivity contribution is -0.142. The molecule has 2 N–H and O–H groups in total. The second-order valence-electron chi connectivity index (χ2n) is 4.86. The Kier molecular flexibility index (Phi) is 6.68. The molecule has 0 spiro atoms. The van der Waals surface area contributed by atoms with Crippen LogP contribution in [0.1, 0.15) is 12.0 Å². The molecule has 0 bridgehead atoms. The predicted molar refractivity (Wildman–Crippen MR) is 78.9 cm³/mol. The number of ether oxygens (including phenoxy) is 2. The molecule has 1 atom stereocenters. The molecule has 0 aromatic heterocycles. The number of carbonyl (C=O) groups is 2. The molecule has 0 fully saturated rings. The molecular weight excluding hydrogens is 272 g/mol. The number of esters is 1. The minimum absolute atomic E-state index is 0.0238. The Balaban J connectivity index is 2.43. The Hall–Kier alpha value is -2.08. The van der Waals surface area contributed by atoms with E-state index in [1.807, 2.05) is 12.1 Å². The predicted octanol–water partition coefficient (Wildman–Crippen LogP) is 0.586. The van der Waals surface area contributed by atoms with Crippen molar-refractivity contribution < 1.29 is 19.1 Å². The summed E-state index contributed by atoms with van der Waals surface area (Å²) in [6, 6.07) is 6.59. The summed E-state index contributed by atoms with van der Waals surface area (Å²) in [5.41, 5.74) is 6.61. The molecule has 1 aromatic carbocycles. The Morgan fingerprint density at radius 1 is 1.24 bits per heavy atom. The Bertz CT molecular complexity index is 471. The lowest BCUT2D eigenvalue weighted by Crippen LogP contribution is -2.33. The topological polar surface area (TPSA) is 81.9 Å². The lowest BCUT2D eigenvalue weighted by Gasteiger charge is -2.12. The second-order valence-corrected chi connectivity index (χ2v) is 4.86. The van der Waals surface area contributed by atoms with E-state index < -0.39 is 12.0 Å². The highest BCUT2D eigenvalue weighted by Gasteiger charge is 2.14. The standard InChI is InChI=1S/C15H22N2O4/c1-17(2)14(18)8-9-21-12-6-4-11(5-7-12)10-13(16)15(19)20-3/h4-7,13H,8-10,16H2,1-3H3. The quantitative estimate of drug-likeness (QED) is 0.744. The number of nitrogens with zero attached hydrogens (tertiary/aromatic N) is 1. The van der Waals surface area contributed by atoms with Gasteiger partial charge in [0.05, 0.1) is 20.1 Å². The monoisotopic (exact) mass is 294 g/mol. The van der Waals surface area contributed by atoms with Gasteiger partial charge in [-0.3, -0.25) is 9.59 Å². The van der Waals surface area contributed by atoms with E-state index in [0.29, 0.717) is 25.2 Å². The third-order valence-corrected chi connectivity index (χ3v) is 2.97. The van der Waals surface area contributed by atoms with Gasteiger partial charge in [-0.05, 0) is 24.1 Å². The molecule has 0 heterocycles. The van der Waals surface area contributed by atoms with Crippen molar-refractivity contribution >= 4 is 11.9 Å². The fraction of sp³-hybridized carbons (Fsp3) is 0.467. The van der Waals surface area contributed by atoms with Crippen molar-refractivity contribution in [3.63, 3.8) is 0 Å². The number of carbonyl (C=O) groups excluding carboxylic acids is 2. The first-order valence-corrected chi connectivity index (χ1v) is 6.69. The fourth-order valence-corrected chi connectivity index (χ4v) is 1.69.